The summed E-state index contributed by atoms with van der Waals surface area (Å²) in [4.78, 5) is 32.2. The lowest BCUT2D eigenvalue weighted by atomic mass is 9.80. The summed E-state index contributed by atoms with van der Waals surface area (Å²) in [5.74, 6) is -1.19. The first kappa shape index (κ1) is 26.5. The van der Waals surface area contributed by atoms with Crippen LogP contribution in [0.5, 0.6) is 0 Å². The second-order valence-corrected chi connectivity index (χ2v) is 11.4. The SMILES string of the molecule is COC1CCN(CCCc2[nH]ncc2-c2csc(CNC(=O)C3(CC(=O)O)Cc4ccccc4C3)n2)CC1. The van der Waals surface area contributed by atoms with E-state index < -0.39 is 11.4 Å². The molecule has 1 amide bonds. The Kier molecular flexibility index (Phi) is 8.21. The molecule has 0 atom stereocenters. The zero-order valence-electron chi connectivity index (χ0n) is 21.7. The maximum absolute atomic E-state index is 13.3. The Morgan fingerprint density at radius 1 is 1.24 bits per heavy atom. The van der Waals surface area contributed by atoms with Gasteiger partial charge in [-0.25, -0.2) is 4.98 Å². The Morgan fingerprint density at radius 3 is 2.66 bits per heavy atom. The fourth-order valence-corrected chi connectivity index (χ4v) is 6.51. The van der Waals surface area contributed by atoms with Crippen molar-refractivity contribution in [1.29, 1.82) is 0 Å². The van der Waals surface area contributed by atoms with E-state index in [9.17, 15) is 14.7 Å². The zero-order valence-corrected chi connectivity index (χ0v) is 22.6. The highest BCUT2D eigenvalue weighted by Crippen LogP contribution is 2.40. The number of aromatic amines is 1. The maximum atomic E-state index is 13.3. The van der Waals surface area contributed by atoms with Gasteiger partial charge in [0, 0.05) is 36.8 Å². The molecule has 2 aromatic heterocycles. The van der Waals surface area contributed by atoms with Gasteiger partial charge in [0.1, 0.15) is 5.01 Å². The van der Waals surface area contributed by atoms with E-state index in [4.69, 9.17) is 9.72 Å². The Bertz CT molecular complexity index is 1240. The van der Waals surface area contributed by atoms with Gasteiger partial charge < -0.3 is 20.1 Å². The number of carbonyl (C=O) groups excluding carboxylic acids is 1. The number of carboxylic acid groups (broad SMARTS) is 1. The van der Waals surface area contributed by atoms with Gasteiger partial charge in [0.2, 0.25) is 5.91 Å². The van der Waals surface area contributed by atoms with Crippen molar-refractivity contribution in [2.45, 2.75) is 57.6 Å². The minimum Gasteiger partial charge on any atom is -0.481 e. The molecule has 202 valence electrons. The molecule has 10 heteroatoms. The molecule has 1 aliphatic carbocycles. The van der Waals surface area contributed by atoms with Gasteiger partial charge in [-0.1, -0.05) is 24.3 Å². The highest BCUT2D eigenvalue weighted by atomic mass is 32.1. The zero-order chi connectivity index (χ0) is 26.5. The van der Waals surface area contributed by atoms with Gasteiger partial charge >= 0.3 is 5.97 Å². The molecule has 0 bridgehead atoms. The van der Waals surface area contributed by atoms with Crippen LogP contribution in [0.2, 0.25) is 0 Å². The average molecular weight is 538 g/mol. The number of benzene rings is 1. The molecular formula is C28H35N5O4S. The third kappa shape index (κ3) is 5.98. The van der Waals surface area contributed by atoms with Crippen LogP contribution in [0, 0.1) is 5.41 Å². The van der Waals surface area contributed by atoms with Crippen molar-refractivity contribution in [3.63, 3.8) is 0 Å². The predicted molar refractivity (Wildman–Crippen MR) is 145 cm³/mol. The van der Waals surface area contributed by atoms with Crippen LogP contribution in [-0.2, 0) is 40.1 Å². The number of nitrogens with zero attached hydrogens (tertiary/aromatic N) is 3. The summed E-state index contributed by atoms with van der Waals surface area (Å²) in [5.41, 5.74) is 4.04. The van der Waals surface area contributed by atoms with Crippen molar-refractivity contribution < 1.29 is 19.4 Å². The van der Waals surface area contributed by atoms with Crippen LogP contribution in [0.15, 0.2) is 35.8 Å². The van der Waals surface area contributed by atoms with Crippen molar-refractivity contribution in [3.8, 4) is 11.3 Å². The number of H-pyrrole nitrogens is 1. The van der Waals surface area contributed by atoms with Gasteiger partial charge in [-0.2, -0.15) is 5.10 Å². The highest BCUT2D eigenvalue weighted by Gasteiger charge is 2.45. The van der Waals surface area contributed by atoms with E-state index in [1.54, 1.807) is 7.11 Å². The number of methoxy groups -OCH3 is 1. The summed E-state index contributed by atoms with van der Waals surface area (Å²) in [6, 6.07) is 7.81. The Hall–Kier alpha value is -3.08. The number of carboxylic acids is 1. The normalized spacial score (nSPS) is 17.4. The van der Waals surface area contributed by atoms with Crippen LogP contribution in [0.25, 0.3) is 11.3 Å². The third-order valence-electron chi connectivity index (χ3n) is 7.86. The number of piperidine rings is 1. The molecule has 1 saturated heterocycles. The van der Waals surface area contributed by atoms with E-state index in [-0.39, 0.29) is 18.9 Å². The summed E-state index contributed by atoms with van der Waals surface area (Å²) >= 11 is 1.49. The molecule has 1 aromatic carbocycles. The molecule has 3 N–H and O–H groups in total. The summed E-state index contributed by atoms with van der Waals surface area (Å²) in [6.07, 6.45) is 7.00. The van der Waals surface area contributed by atoms with E-state index in [0.717, 1.165) is 78.4 Å². The number of hydrogen-bond donors (Lipinski definition) is 3. The van der Waals surface area contributed by atoms with Gasteiger partial charge in [0.15, 0.2) is 0 Å². The number of carbonyl (C=O) groups is 2. The first-order valence-corrected chi connectivity index (χ1v) is 14.1. The van der Waals surface area contributed by atoms with Crippen molar-refractivity contribution in [2.24, 2.45) is 5.41 Å². The van der Waals surface area contributed by atoms with Crippen LogP contribution in [0.1, 0.15) is 47.5 Å². The smallest absolute Gasteiger partial charge is 0.304 e. The fourth-order valence-electron chi connectivity index (χ4n) is 5.78. The van der Waals surface area contributed by atoms with Crippen molar-refractivity contribution >= 4 is 23.2 Å². The lowest BCUT2D eigenvalue weighted by Gasteiger charge is -2.31. The molecule has 0 spiro atoms. The number of thiazole rings is 1. The molecule has 9 nitrogen and oxygen atoms in total. The number of likely N-dealkylation sites (tertiary alicyclic amines) is 1. The molecular weight excluding hydrogens is 502 g/mol. The van der Waals surface area contributed by atoms with Gasteiger partial charge in [-0.15, -0.1) is 11.3 Å². The highest BCUT2D eigenvalue weighted by molar-refractivity contribution is 7.09. The first-order chi connectivity index (χ1) is 18.5. The second-order valence-electron chi connectivity index (χ2n) is 10.4. The lowest BCUT2D eigenvalue weighted by Crippen LogP contribution is -2.43. The topological polar surface area (TPSA) is 120 Å². The number of fused-ring (bicyclic) bond motifs is 1. The van der Waals surface area contributed by atoms with Crippen molar-refractivity contribution in [2.75, 3.05) is 26.7 Å². The van der Waals surface area contributed by atoms with Crippen LogP contribution in [0.4, 0.5) is 0 Å². The number of amides is 1. The van der Waals surface area contributed by atoms with Crippen LogP contribution in [-0.4, -0.2) is 69.9 Å². The molecule has 3 aromatic rings. The third-order valence-corrected chi connectivity index (χ3v) is 8.71. The summed E-state index contributed by atoms with van der Waals surface area (Å²) < 4.78 is 5.47. The van der Waals surface area contributed by atoms with Gasteiger partial charge in [-0.05, 0) is 56.2 Å². The number of ether oxygens (including phenoxy) is 1. The number of rotatable bonds is 11. The summed E-state index contributed by atoms with van der Waals surface area (Å²) in [5, 5.41) is 22.7. The number of aliphatic carboxylic acids is 1. The Morgan fingerprint density at radius 2 is 1.97 bits per heavy atom. The van der Waals surface area contributed by atoms with E-state index in [1.807, 2.05) is 35.8 Å². The molecule has 1 fully saturated rings. The Balaban J connectivity index is 1.16. The minimum atomic E-state index is -0.966. The second kappa shape index (κ2) is 11.8. The van der Waals surface area contributed by atoms with Gasteiger partial charge in [0.25, 0.3) is 0 Å². The van der Waals surface area contributed by atoms with Gasteiger partial charge in [-0.3, -0.25) is 14.7 Å². The van der Waals surface area contributed by atoms with Crippen molar-refractivity contribution in [1.82, 2.24) is 25.4 Å². The average Bonchev–Trinajstić information content (AvgIpc) is 3.65. The maximum Gasteiger partial charge on any atom is 0.304 e. The van der Waals surface area contributed by atoms with E-state index in [0.29, 0.717) is 18.9 Å². The molecule has 0 radical (unpaired) electrons. The molecule has 0 unspecified atom stereocenters. The van der Waals surface area contributed by atoms with E-state index in [1.165, 1.54) is 11.3 Å². The van der Waals surface area contributed by atoms with Crippen molar-refractivity contribution in [3.05, 3.63) is 57.7 Å². The quantitative estimate of drug-likeness (QED) is 0.343. The summed E-state index contributed by atoms with van der Waals surface area (Å²) in [6.45, 7) is 3.47. The number of nitrogens with one attached hydrogen (secondary N) is 2. The lowest BCUT2D eigenvalue weighted by molar-refractivity contribution is -0.145. The van der Waals surface area contributed by atoms with E-state index in [2.05, 4.69) is 20.4 Å². The van der Waals surface area contributed by atoms with E-state index >= 15 is 0 Å². The number of aryl methyl sites for hydroxylation is 1. The van der Waals surface area contributed by atoms with Gasteiger partial charge in [0.05, 0.1) is 36.4 Å². The van der Waals surface area contributed by atoms with Crippen LogP contribution < -0.4 is 5.32 Å². The van der Waals surface area contributed by atoms with Crippen LogP contribution in [0.3, 0.4) is 0 Å². The molecule has 5 rings (SSSR count). The molecule has 0 saturated carbocycles. The minimum absolute atomic E-state index is 0.195. The largest absolute Gasteiger partial charge is 0.481 e. The number of hydrogen-bond acceptors (Lipinski definition) is 7. The molecule has 38 heavy (non-hydrogen) atoms. The first-order valence-electron chi connectivity index (χ1n) is 13.2. The standard InChI is InChI=1S/C28H35N5O4S/c1-37-21-8-11-33(12-9-21)10-4-7-23-22(16-30-32-23)24-18-38-25(31-24)17-29-27(36)28(15-26(34)35)13-19-5-2-3-6-20(19)14-28/h2-3,5-6,16,18,21H,4,7-15,17H2,1H3,(H,29,36)(H,30,32)(H,34,35). The number of aromatic nitrogens is 3. The van der Waals surface area contributed by atoms with Crippen LogP contribution >= 0.6 is 11.3 Å². The fraction of sp³-hybridized carbons (Fsp3) is 0.500. The predicted octanol–water partition coefficient (Wildman–Crippen LogP) is 3.45. The Labute approximate surface area is 226 Å². The molecule has 3 heterocycles. The molecule has 1 aliphatic heterocycles. The monoisotopic (exact) mass is 537 g/mol. The summed E-state index contributed by atoms with van der Waals surface area (Å²) in [7, 11) is 1.79. The molecule has 2 aliphatic rings.